The summed E-state index contributed by atoms with van der Waals surface area (Å²) in [5, 5.41) is 2.65. The molecule has 1 aromatic carbocycles. The maximum absolute atomic E-state index is 12.1. The van der Waals surface area contributed by atoms with E-state index < -0.39 is 12.0 Å². The van der Waals surface area contributed by atoms with Gasteiger partial charge in [-0.25, -0.2) is 4.79 Å². The summed E-state index contributed by atoms with van der Waals surface area (Å²) in [6.45, 7) is 0. The minimum absolute atomic E-state index is 0.347. The van der Waals surface area contributed by atoms with Crippen molar-refractivity contribution in [2.75, 3.05) is 26.2 Å². The third-order valence-corrected chi connectivity index (χ3v) is 3.86. The van der Waals surface area contributed by atoms with E-state index in [0.29, 0.717) is 17.1 Å². The van der Waals surface area contributed by atoms with Crippen LogP contribution in [-0.4, -0.2) is 44.1 Å². The van der Waals surface area contributed by atoms with Crippen molar-refractivity contribution in [2.45, 2.75) is 6.04 Å². The van der Waals surface area contributed by atoms with E-state index in [1.54, 1.807) is 18.2 Å². The largest absolute Gasteiger partial charge is 0.496 e. The molecule has 7 heteroatoms. The van der Waals surface area contributed by atoms with Crippen LogP contribution in [0.15, 0.2) is 22.7 Å². The average molecular weight is 362 g/mol. The van der Waals surface area contributed by atoms with Crippen molar-refractivity contribution in [3.8, 4) is 5.75 Å². The van der Waals surface area contributed by atoms with Gasteiger partial charge in [-0.15, -0.1) is 0 Å². The molecule has 0 heterocycles. The molecular formula is C13H16BrNO4S. The first-order chi connectivity index (χ1) is 9.53. The highest BCUT2D eigenvalue weighted by atomic mass is 79.9. The molecule has 0 aliphatic heterocycles. The number of thioether (sulfide) groups is 1. The zero-order valence-electron chi connectivity index (χ0n) is 11.4. The van der Waals surface area contributed by atoms with Crippen molar-refractivity contribution < 1.29 is 19.1 Å². The summed E-state index contributed by atoms with van der Waals surface area (Å²) in [5.74, 6) is 0.195. The zero-order valence-corrected chi connectivity index (χ0v) is 13.8. The summed E-state index contributed by atoms with van der Waals surface area (Å²) in [7, 11) is 2.82. The molecule has 0 saturated carbocycles. The van der Waals surface area contributed by atoms with Gasteiger partial charge in [0.1, 0.15) is 11.8 Å². The lowest BCUT2D eigenvalue weighted by molar-refractivity contribution is -0.142. The van der Waals surface area contributed by atoms with Crippen molar-refractivity contribution >= 4 is 39.6 Å². The fourth-order valence-electron chi connectivity index (χ4n) is 1.52. The number of esters is 1. The number of amides is 1. The highest BCUT2D eigenvalue weighted by molar-refractivity contribution is 9.10. The van der Waals surface area contributed by atoms with E-state index >= 15 is 0 Å². The number of halogens is 1. The summed E-state index contributed by atoms with van der Waals surface area (Å²) >= 11 is 4.77. The predicted octanol–water partition coefficient (Wildman–Crippen LogP) is 2.09. The third-order valence-electron chi connectivity index (χ3n) is 2.54. The van der Waals surface area contributed by atoms with Crippen molar-refractivity contribution in [2.24, 2.45) is 0 Å². The van der Waals surface area contributed by atoms with E-state index in [-0.39, 0.29) is 5.91 Å². The first-order valence-corrected chi connectivity index (χ1v) is 7.93. The van der Waals surface area contributed by atoms with Gasteiger partial charge in [0.25, 0.3) is 5.91 Å². The molecule has 1 amide bonds. The SMILES string of the molecule is COC(=O)C(CSC)NC(=O)c1ccc(Br)c(OC)c1. The molecule has 1 atom stereocenters. The Bertz CT molecular complexity index is 495. The highest BCUT2D eigenvalue weighted by Crippen LogP contribution is 2.25. The second-order valence-corrected chi connectivity index (χ2v) is 5.62. The Kier molecular flexibility index (Phi) is 6.87. The van der Waals surface area contributed by atoms with Crippen LogP contribution in [0, 0.1) is 0 Å². The van der Waals surface area contributed by atoms with Gasteiger partial charge in [-0.1, -0.05) is 0 Å². The molecule has 0 fully saturated rings. The first-order valence-electron chi connectivity index (χ1n) is 5.74. The number of hydrogen-bond acceptors (Lipinski definition) is 5. The van der Waals surface area contributed by atoms with Gasteiger partial charge in [-0.3, -0.25) is 4.79 Å². The molecule has 0 spiro atoms. The molecular weight excluding hydrogens is 346 g/mol. The zero-order chi connectivity index (χ0) is 15.1. The van der Waals surface area contributed by atoms with E-state index in [0.717, 1.165) is 4.47 Å². The first kappa shape index (κ1) is 16.8. The molecule has 0 aliphatic carbocycles. The van der Waals surface area contributed by atoms with Crippen LogP contribution in [-0.2, 0) is 9.53 Å². The number of carbonyl (C=O) groups excluding carboxylic acids is 2. The molecule has 0 aliphatic rings. The number of carbonyl (C=O) groups is 2. The summed E-state index contributed by atoms with van der Waals surface area (Å²) in [6, 6.07) is 4.30. The highest BCUT2D eigenvalue weighted by Gasteiger charge is 2.21. The van der Waals surface area contributed by atoms with E-state index in [9.17, 15) is 9.59 Å². The van der Waals surface area contributed by atoms with Crippen LogP contribution < -0.4 is 10.1 Å². The Balaban J connectivity index is 2.86. The van der Waals surface area contributed by atoms with Gasteiger partial charge in [-0.05, 0) is 40.4 Å². The normalized spacial score (nSPS) is 11.6. The van der Waals surface area contributed by atoms with Crippen molar-refractivity contribution in [1.29, 1.82) is 0 Å². The molecule has 1 rings (SSSR count). The molecule has 1 unspecified atom stereocenters. The van der Waals surface area contributed by atoms with Gasteiger partial charge in [0.05, 0.1) is 18.7 Å². The van der Waals surface area contributed by atoms with Gasteiger partial charge < -0.3 is 14.8 Å². The molecule has 0 bridgehead atoms. The molecule has 0 radical (unpaired) electrons. The third kappa shape index (κ3) is 4.42. The monoisotopic (exact) mass is 361 g/mol. The molecule has 0 aromatic heterocycles. The van der Waals surface area contributed by atoms with Crippen LogP contribution in [0.2, 0.25) is 0 Å². The minimum Gasteiger partial charge on any atom is -0.496 e. The van der Waals surface area contributed by atoms with Gasteiger partial charge in [-0.2, -0.15) is 11.8 Å². The Hall–Kier alpha value is -1.21. The van der Waals surface area contributed by atoms with E-state index in [1.165, 1.54) is 26.0 Å². The van der Waals surface area contributed by atoms with Crippen LogP contribution in [0.4, 0.5) is 0 Å². The standard InChI is InChI=1S/C13H16BrNO4S/c1-18-11-6-8(4-5-9(11)14)12(16)15-10(7-20-3)13(17)19-2/h4-6,10H,7H2,1-3H3,(H,15,16). The van der Waals surface area contributed by atoms with E-state index in [2.05, 4.69) is 26.0 Å². The fraction of sp³-hybridized carbons (Fsp3) is 0.385. The maximum Gasteiger partial charge on any atom is 0.329 e. The summed E-state index contributed by atoms with van der Waals surface area (Å²) in [4.78, 5) is 23.7. The number of benzene rings is 1. The Morgan fingerprint density at radius 1 is 1.40 bits per heavy atom. The number of rotatable bonds is 6. The summed E-state index contributed by atoms with van der Waals surface area (Å²) < 4.78 is 10.6. The minimum atomic E-state index is -0.669. The van der Waals surface area contributed by atoms with Gasteiger partial charge in [0.15, 0.2) is 0 Å². The van der Waals surface area contributed by atoms with Gasteiger partial charge in [0, 0.05) is 11.3 Å². The smallest absolute Gasteiger partial charge is 0.329 e. The van der Waals surface area contributed by atoms with Gasteiger partial charge in [0.2, 0.25) is 0 Å². The predicted molar refractivity (Wildman–Crippen MR) is 82.3 cm³/mol. The lowest BCUT2D eigenvalue weighted by Gasteiger charge is -2.15. The average Bonchev–Trinajstić information content (AvgIpc) is 2.46. The van der Waals surface area contributed by atoms with Crippen LogP contribution in [0.5, 0.6) is 5.75 Å². The van der Waals surface area contributed by atoms with Crippen LogP contribution >= 0.6 is 27.7 Å². The number of nitrogens with one attached hydrogen (secondary N) is 1. The van der Waals surface area contributed by atoms with Crippen molar-refractivity contribution in [3.63, 3.8) is 0 Å². The molecule has 1 N–H and O–H groups in total. The fourth-order valence-corrected chi connectivity index (χ4v) is 2.48. The summed E-state index contributed by atoms with van der Waals surface area (Å²) in [5.41, 5.74) is 0.417. The number of methoxy groups -OCH3 is 2. The molecule has 1 aromatic rings. The Morgan fingerprint density at radius 3 is 2.65 bits per heavy atom. The quantitative estimate of drug-likeness (QED) is 0.786. The van der Waals surface area contributed by atoms with Crippen LogP contribution in [0.3, 0.4) is 0 Å². The van der Waals surface area contributed by atoms with Gasteiger partial charge >= 0.3 is 5.97 Å². The topological polar surface area (TPSA) is 64.6 Å². The number of hydrogen-bond donors (Lipinski definition) is 1. The molecule has 0 saturated heterocycles. The van der Waals surface area contributed by atoms with Crippen LogP contribution in [0.25, 0.3) is 0 Å². The number of ether oxygens (including phenoxy) is 2. The van der Waals surface area contributed by atoms with Crippen LogP contribution in [0.1, 0.15) is 10.4 Å². The molecule has 20 heavy (non-hydrogen) atoms. The van der Waals surface area contributed by atoms with Crippen molar-refractivity contribution in [1.82, 2.24) is 5.32 Å². The Morgan fingerprint density at radius 2 is 2.10 bits per heavy atom. The van der Waals surface area contributed by atoms with E-state index in [4.69, 9.17) is 4.74 Å². The lowest BCUT2D eigenvalue weighted by atomic mass is 10.2. The Labute approximate surface area is 130 Å². The van der Waals surface area contributed by atoms with E-state index in [1.807, 2.05) is 6.26 Å². The summed E-state index contributed by atoms with van der Waals surface area (Å²) in [6.07, 6.45) is 1.85. The van der Waals surface area contributed by atoms with Crippen molar-refractivity contribution in [3.05, 3.63) is 28.2 Å². The maximum atomic E-state index is 12.1. The molecule has 110 valence electrons. The molecule has 5 nitrogen and oxygen atoms in total. The second kappa shape index (κ2) is 8.16. The lowest BCUT2D eigenvalue weighted by Crippen LogP contribution is -2.43. The second-order valence-electron chi connectivity index (χ2n) is 3.85.